The highest BCUT2D eigenvalue weighted by molar-refractivity contribution is 6.51. The van der Waals surface area contributed by atoms with E-state index in [1.54, 1.807) is 55.5 Å². The topological polar surface area (TPSA) is 92.9 Å². The average molecular weight is 430 g/mol. The molecule has 3 aromatic rings. The van der Waals surface area contributed by atoms with Gasteiger partial charge in [-0.05, 0) is 31.5 Å². The zero-order chi connectivity index (χ0) is 22.8. The molecular weight excluding hydrogens is 408 g/mol. The van der Waals surface area contributed by atoms with Crippen LogP contribution in [-0.2, 0) is 9.59 Å². The number of rotatable bonds is 6. The molecular formula is C25H22N2O5. The van der Waals surface area contributed by atoms with Gasteiger partial charge in [0.1, 0.15) is 23.9 Å². The van der Waals surface area contributed by atoms with Crippen molar-refractivity contribution in [1.29, 1.82) is 0 Å². The third-order valence-electron chi connectivity index (χ3n) is 5.20. The van der Waals surface area contributed by atoms with Crippen LogP contribution in [0.3, 0.4) is 0 Å². The van der Waals surface area contributed by atoms with Gasteiger partial charge in [-0.25, -0.2) is 0 Å². The van der Waals surface area contributed by atoms with Gasteiger partial charge < -0.3 is 14.4 Å². The fourth-order valence-corrected chi connectivity index (χ4v) is 3.62. The summed E-state index contributed by atoms with van der Waals surface area (Å²) in [6.07, 6.45) is 1.64. The van der Waals surface area contributed by atoms with Crippen molar-refractivity contribution in [2.24, 2.45) is 0 Å². The maximum Gasteiger partial charge on any atom is 0.301 e. The minimum absolute atomic E-state index is 0.0146. The van der Waals surface area contributed by atoms with Crippen molar-refractivity contribution in [2.45, 2.75) is 19.9 Å². The van der Waals surface area contributed by atoms with Crippen LogP contribution in [-0.4, -0.2) is 28.6 Å². The first-order chi connectivity index (χ1) is 15.4. The maximum atomic E-state index is 13.1. The van der Waals surface area contributed by atoms with Gasteiger partial charge in [0.15, 0.2) is 5.82 Å². The summed E-state index contributed by atoms with van der Waals surface area (Å²) in [5.74, 6) is -0.522. The summed E-state index contributed by atoms with van der Waals surface area (Å²) in [5.41, 5.74) is 2.05. The second-order valence-corrected chi connectivity index (χ2v) is 7.50. The van der Waals surface area contributed by atoms with Crippen LogP contribution >= 0.6 is 0 Å². The van der Waals surface area contributed by atoms with Crippen LogP contribution in [0.2, 0.25) is 0 Å². The van der Waals surface area contributed by atoms with E-state index in [9.17, 15) is 14.7 Å². The largest absolute Gasteiger partial charge is 0.507 e. The Kier molecular flexibility index (Phi) is 5.64. The number of carbonyl (C=O) groups is 2. The normalized spacial score (nSPS) is 17.6. The van der Waals surface area contributed by atoms with E-state index >= 15 is 0 Å². The van der Waals surface area contributed by atoms with Crippen molar-refractivity contribution in [3.8, 4) is 5.75 Å². The van der Waals surface area contributed by atoms with Crippen LogP contribution in [0.15, 0.2) is 77.3 Å². The van der Waals surface area contributed by atoms with Gasteiger partial charge in [0.05, 0.1) is 11.6 Å². The number of aromatic nitrogens is 1. The predicted octanol–water partition coefficient (Wildman–Crippen LogP) is 4.48. The van der Waals surface area contributed by atoms with Gasteiger partial charge in [0.2, 0.25) is 0 Å². The summed E-state index contributed by atoms with van der Waals surface area (Å²) in [6, 6.07) is 14.7. The van der Waals surface area contributed by atoms with Gasteiger partial charge in [-0.2, -0.15) is 0 Å². The molecule has 0 spiro atoms. The van der Waals surface area contributed by atoms with E-state index in [1.807, 2.05) is 19.1 Å². The zero-order valence-electron chi connectivity index (χ0n) is 17.7. The number of nitrogens with zero attached hydrogens (tertiary/aromatic N) is 2. The van der Waals surface area contributed by atoms with Crippen LogP contribution in [0.4, 0.5) is 5.82 Å². The van der Waals surface area contributed by atoms with Crippen molar-refractivity contribution < 1.29 is 24.0 Å². The number of aliphatic hydroxyl groups is 1. The molecule has 1 N–H and O–H groups in total. The first-order valence-electron chi connectivity index (χ1n) is 10.1. The molecule has 0 bridgehead atoms. The lowest BCUT2D eigenvalue weighted by Gasteiger charge is -2.23. The Balaban J connectivity index is 1.86. The van der Waals surface area contributed by atoms with Gasteiger partial charge in [0, 0.05) is 11.6 Å². The highest BCUT2D eigenvalue weighted by Crippen LogP contribution is 2.42. The van der Waals surface area contributed by atoms with Crippen LogP contribution in [0.1, 0.15) is 28.5 Å². The summed E-state index contributed by atoms with van der Waals surface area (Å²) in [6.45, 7) is 7.59. The Morgan fingerprint density at radius 2 is 1.84 bits per heavy atom. The van der Waals surface area contributed by atoms with E-state index < -0.39 is 17.7 Å². The van der Waals surface area contributed by atoms with E-state index in [4.69, 9.17) is 9.26 Å². The number of aryl methyl sites for hydroxylation is 2. The number of benzene rings is 2. The molecule has 1 amide bonds. The number of carbonyl (C=O) groups excluding carboxylic acids is 2. The molecule has 1 atom stereocenters. The molecule has 162 valence electrons. The first-order valence-corrected chi connectivity index (χ1v) is 10.1. The number of ether oxygens (including phenoxy) is 1. The maximum absolute atomic E-state index is 13.1. The van der Waals surface area contributed by atoms with E-state index in [2.05, 4.69) is 11.7 Å². The third-order valence-corrected chi connectivity index (χ3v) is 5.20. The van der Waals surface area contributed by atoms with Gasteiger partial charge in [-0.1, -0.05) is 59.8 Å². The highest BCUT2D eigenvalue weighted by atomic mass is 16.5. The lowest BCUT2D eigenvalue weighted by molar-refractivity contribution is -0.132. The molecule has 1 fully saturated rings. The van der Waals surface area contributed by atoms with Crippen molar-refractivity contribution in [1.82, 2.24) is 5.16 Å². The van der Waals surface area contributed by atoms with E-state index in [1.165, 1.54) is 4.90 Å². The number of anilines is 1. The molecule has 2 aromatic carbocycles. The molecule has 32 heavy (non-hydrogen) atoms. The van der Waals surface area contributed by atoms with Crippen LogP contribution < -0.4 is 9.64 Å². The summed E-state index contributed by atoms with van der Waals surface area (Å²) >= 11 is 0. The quantitative estimate of drug-likeness (QED) is 0.268. The molecule has 0 radical (unpaired) electrons. The van der Waals surface area contributed by atoms with Crippen LogP contribution in [0.5, 0.6) is 5.75 Å². The van der Waals surface area contributed by atoms with Crippen molar-refractivity contribution in [3.63, 3.8) is 0 Å². The standard InChI is InChI=1S/C25H22N2O5/c1-4-13-31-19-11-9-17(10-12-19)22-21(23(28)18-7-5-15(2)6-8-18)24(29)25(30)27(22)20-14-16(3)32-26-20/h4-12,14,22,28H,1,13H2,2-3H3/b23-21+. The molecule has 0 aliphatic carbocycles. The predicted molar refractivity (Wildman–Crippen MR) is 119 cm³/mol. The lowest BCUT2D eigenvalue weighted by Crippen LogP contribution is -2.29. The molecule has 1 aromatic heterocycles. The van der Waals surface area contributed by atoms with Gasteiger partial charge in [0.25, 0.3) is 5.78 Å². The number of hydrogen-bond donors (Lipinski definition) is 1. The van der Waals surface area contributed by atoms with Crippen LogP contribution in [0.25, 0.3) is 5.76 Å². The van der Waals surface area contributed by atoms with Crippen molar-refractivity contribution in [3.05, 3.63) is 95.3 Å². The monoisotopic (exact) mass is 430 g/mol. The number of amides is 1. The third kappa shape index (κ3) is 3.80. The molecule has 7 heteroatoms. The second kappa shape index (κ2) is 8.55. The second-order valence-electron chi connectivity index (χ2n) is 7.50. The molecule has 1 saturated heterocycles. The highest BCUT2D eigenvalue weighted by Gasteiger charge is 2.48. The van der Waals surface area contributed by atoms with Gasteiger partial charge in [-0.15, -0.1) is 0 Å². The summed E-state index contributed by atoms with van der Waals surface area (Å²) in [5, 5.41) is 15.0. The van der Waals surface area contributed by atoms with Gasteiger partial charge in [-0.3, -0.25) is 14.5 Å². The number of hydrogen-bond acceptors (Lipinski definition) is 6. The Hall–Kier alpha value is -4.13. The number of Topliss-reactive ketones (excluding diaryl/α,β-unsaturated/α-hetero) is 1. The first kappa shape index (κ1) is 21.1. The average Bonchev–Trinajstić information content (AvgIpc) is 3.33. The number of aliphatic hydroxyl groups excluding tert-OH is 1. The molecule has 1 aliphatic heterocycles. The van der Waals surface area contributed by atoms with Crippen LogP contribution in [0, 0.1) is 13.8 Å². The Bertz CT molecular complexity index is 1210. The zero-order valence-corrected chi connectivity index (χ0v) is 17.7. The van der Waals surface area contributed by atoms with Gasteiger partial charge >= 0.3 is 5.91 Å². The molecule has 0 saturated carbocycles. The van der Waals surface area contributed by atoms with E-state index in [0.29, 0.717) is 29.2 Å². The number of ketones is 1. The lowest BCUT2D eigenvalue weighted by atomic mass is 9.95. The fraction of sp³-hybridized carbons (Fsp3) is 0.160. The summed E-state index contributed by atoms with van der Waals surface area (Å²) in [7, 11) is 0. The SMILES string of the molecule is C=CCOc1ccc(C2/C(=C(\O)c3ccc(C)cc3)C(=O)C(=O)N2c2cc(C)on2)cc1. The van der Waals surface area contributed by atoms with Crippen molar-refractivity contribution >= 4 is 23.3 Å². The van der Waals surface area contributed by atoms with E-state index in [-0.39, 0.29) is 17.2 Å². The summed E-state index contributed by atoms with van der Waals surface area (Å²) in [4.78, 5) is 27.3. The smallest absolute Gasteiger partial charge is 0.301 e. The summed E-state index contributed by atoms with van der Waals surface area (Å²) < 4.78 is 10.7. The minimum atomic E-state index is -0.880. The van der Waals surface area contributed by atoms with E-state index in [0.717, 1.165) is 5.56 Å². The molecule has 1 aliphatic rings. The minimum Gasteiger partial charge on any atom is -0.507 e. The molecule has 1 unspecified atom stereocenters. The Morgan fingerprint density at radius 3 is 2.44 bits per heavy atom. The molecule has 7 nitrogen and oxygen atoms in total. The molecule has 2 heterocycles. The molecule has 4 rings (SSSR count). The van der Waals surface area contributed by atoms with Crippen molar-refractivity contribution in [2.75, 3.05) is 11.5 Å². The Labute approximate surface area is 185 Å². The Morgan fingerprint density at radius 1 is 1.16 bits per heavy atom. The fourth-order valence-electron chi connectivity index (χ4n) is 3.62.